The van der Waals surface area contributed by atoms with Gasteiger partial charge in [-0.25, -0.2) is 8.51 Å². The molecule has 190 valence electrons. The van der Waals surface area contributed by atoms with Gasteiger partial charge in [-0.05, 0) is 70.8 Å². The molecule has 1 unspecified atom stereocenters. The minimum absolute atomic E-state index is 0.349. The lowest BCUT2D eigenvalue weighted by atomic mass is 9.97. The fourth-order valence-corrected chi connectivity index (χ4v) is 6.10. The molecule has 2 aliphatic heterocycles. The van der Waals surface area contributed by atoms with Crippen LogP contribution in [0.15, 0.2) is 42.5 Å². The summed E-state index contributed by atoms with van der Waals surface area (Å²) in [5.74, 6) is 0.142. The molecule has 34 heavy (non-hydrogen) atoms. The number of carbonyl (C=O) groups is 1. The average Bonchev–Trinajstić information content (AvgIpc) is 2.83. The molecule has 2 saturated heterocycles. The van der Waals surface area contributed by atoms with E-state index >= 15 is 0 Å². The Morgan fingerprint density at radius 1 is 1.18 bits per heavy atom. The molecule has 3 rings (SSSR count). The summed E-state index contributed by atoms with van der Waals surface area (Å²) in [6.07, 6.45) is 9.36. The first kappa shape index (κ1) is 27.1. The molecule has 6 nitrogen and oxygen atoms in total. The molecule has 1 atom stereocenters. The molecule has 0 radical (unpaired) electrons. The van der Waals surface area contributed by atoms with Crippen molar-refractivity contribution in [1.82, 2.24) is 4.31 Å². The van der Waals surface area contributed by atoms with Crippen LogP contribution in [0.5, 0.6) is 0 Å². The maximum atomic E-state index is 13.6. The number of hydrogen-bond acceptors (Lipinski definition) is 5. The molecular weight excluding hydrogens is 450 g/mol. The highest BCUT2D eigenvalue weighted by molar-refractivity contribution is 7.85. The van der Waals surface area contributed by atoms with E-state index in [-0.39, 0.29) is 5.97 Å². The zero-order valence-corrected chi connectivity index (χ0v) is 21.8. The Morgan fingerprint density at radius 3 is 2.50 bits per heavy atom. The lowest BCUT2D eigenvalue weighted by Gasteiger charge is -2.40. The fraction of sp³-hybridized carbons (Fsp3) is 0.667. The van der Waals surface area contributed by atoms with E-state index in [4.69, 9.17) is 14.2 Å². The van der Waals surface area contributed by atoms with Crippen LogP contribution in [0, 0.1) is 5.92 Å². The summed E-state index contributed by atoms with van der Waals surface area (Å²) in [6, 6.07) is 10.2. The quantitative estimate of drug-likeness (QED) is 0.267. The Kier molecular flexibility index (Phi) is 10.3. The minimum Gasteiger partial charge on any atom is -0.459 e. The van der Waals surface area contributed by atoms with E-state index in [1.165, 1.54) is 5.56 Å². The van der Waals surface area contributed by atoms with Gasteiger partial charge in [0, 0.05) is 32.9 Å². The second-order valence-corrected chi connectivity index (χ2v) is 12.0. The highest BCUT2D eigenvalue weighted by atomic mass is 32.2. The molecule has 0 spiro atoms. The van der Waals surface area contributed by atoms with Crippen LogP contribution < -0.4 is 0 Å². The molecule has 0 aliphatic carbocycles. The Bertz CT molecular complexity index is 806. The van der Waals surface area contributed by atoms with E-state index in [9.17, 15) is 9.00 Å². The summed E-state index contributed by atoms with van der Waals surface area (Å²) < 4.78 is 31.5. The number of nitrogens with zero attached hydrogens (tertiary/aromatic N) is 1. The Morgan fingerprint density at radius 2 is 1.85 bits per heavy atom. The smallest absolute Gasteiger partial charge is 0.326 e. The number of benzene rings is 1. The number of ether oxygens (including phenoxy) is 3. The molecule has 2 heterocycles. The van der Waals surface area contributed by atoms with Gasteiger partial charge in [0.2, 0.25) is 0 Å². The lowest BCUT2D eigenvalue weighted by Crippen LogP contribution is -2.55. The van der Waals surface area contributed by atoms with Crippen molar-refractivity contribution in [2.24, 2.45) is 5.92 Å². The molecule has 2 aliphatic rings. The van der Waals surface area contributed by atoms with Crippen LogP contribution >= 0.6 is 0 Å². The SMILES string of the molecule is CC(C)(C)OC(=O)C1(S(=O)N2CCC(/C=C/CCCOCc3ccccc3)CC2)CCOCC1. The summed E-state index contributed by atoms with van der Waals surface area (Å²) in [5.41, 5.74) is 0.605. The van der Waals surface area contributed by atoms with Crippen molar-refractivity contribution in [3.63, 3.8) is 0 Å². The average molecular weight is 492 g/mol. The third-order valence-corrected chi connectivity index (χ3v) is 8.40. The number of piperidine rings is 1. The van der Waals surface area contributed by atoms with Gasteiger partial charge >= 0.3 is 5.97 Å². The summed E-state index contributed by atoms with van der Waals surface area (Å²) >= 11 is 0. The highest BCUT2D eigenvalue weighted by Gasteiger charge is 2.50. The summed E-state index contributed by atoms with van der Waals surface area (Å²) in [6.45, 7) is 9.33. The van der Waals surface area contributed by atoms with Crippen LogP contribution in [0.2, 0.25) is 0 Å². The van der Waals surface area contributed by atoms with Gasteiger partial charge in [0.15, 0.2) is 4.75 Å². The number of carbonyl (C=O) groups excluding carboxylic acids is 1. The minimum atomic E-state index is -1.42. The standard InChI is InChI=1S/C27H41NO5S/c1-26(2,3)33-25(29)27(15-20-31-21-16-27)34(30)28-17-13-23(14-18-28)10-8-5-9-19-32-22-24-11-6-4-7-12-24/h4,6-8,10-12,23H,5,9,13-22H2,1-3H3/b10-8+. The molecule has 1 aromatic carbocycles. The van der Waals surface area contributed by atoms with Crippen molar-refractivity contribution in [1.29, 1.82) is 0 Å². The third kappa shape index (κ3) is 8.01. The summed E-state index contributed by atoms with van der Waals surface area (Å²) in [5, 5.41) is 0. The number of hydrogen-bond donors (Lipinski definition) is 0. The van der Waals surface area contributed by atoms with E-state index in [2.05, 4.69) is 24.3 Å². The van der Waals surface area contributed by atoms with Gasteiger partial charge in [-0.2, -0.15) is 0 Å². The van der Waals surface area contributed by atoms with E-state index in [1.54, 1.807) is 0 Å². The predicted molar refractivity (Wildman–Crippen MR) is 136 cm³/mol. The normalized spacial score (nSPS) is 20.9. The van der Waals surface area contributed by atoms with Gasteiger partial charge in [0.1, 0.15) is 16.6 Å². The van der Waals surface area contributed by atoms with Gasteiger partial charge in [0.25, 0.3) is 0 Å². The molecule has 1 aromatic rings. The van der Waals surface area contributed by atoms with Crippen molar-refractivity contribution >= 4 is 17.0 Å². The van der Waals surface area contributed by atoms with E-state index in [0.29, 0.717) is 38.6 Å². The van der Waals surface area contributed by atoms with Crippen LogP contribution in [0.25, 0.3) is 0 Å². The topological polar surface area (TPSA) is 65.1 Å². The van der Waals surface area contributed by atoms with Crippen molar-refractivity contribution in [2.75, 3.05) is 32.9 Å². The second kappa shape index (κ2) is 13.0. The largest absolute Gasteiger partial charge is 0.459 e. The lowest BCUT2D eigenvalue weighted by molar-refractivity contribution is -0.160. The summed E-state index contributed by atoms with van der Waals surface area (Å²) in [7, 11) is -1.42. The van der Waals surface area contributed by atoms with Crippen LogP contribution in [-0.4, -0.2) is 57.7 Å². The van der Waals surface area contributed by atoms with Gasteiger partial charge in [-0.15, -0.1) is 0 Å². The number of allylic oxidation sites excluding steroid dienone is 2. The van der Waals surface area contributed by atoms with Crippen molar-refractivity contribution in [2.45, 2.75) is 76.3 Å². The Labute approximate surface area is 207 Å². The number of rotatable bonds is 10. The van der Waals surface area contributed by atoms with Crippen LogP contribution in [-0.2, 0) is 36.6 Å². The molecule has 0 aromatic heterocycles. The zero-order chi connectivity index (χ0) is 24.4. The van der Waals surface area contributed by atoms with Gasteiger partial charge in [-0.1, -0.05) is 42.5 Å². The Hall–Kier alpha value is -1.54. The molecule has 7 heteroatoms. The molecule has 0 saturated carbocycles. The van der Waals surface area contributed by atoms with Crippen LogP contribution in [0.1, 0.15) is 64.9 Å². The second-order valence-electron chi connectivity index (χ2n) is 10.2. The predicted octanol–water partition coefficient (Wildman–Crippen LogP) is 4.81. The van der Waals surface area contributed by atoms with Gasteiger partial charge in [0.05, 0.1) is 6.61 Å². The van der Waals surface area contributed by atoms with Crippen LogP contribution in [0.3, 0.4) is 0 Å². The molecule has 0 N–H and O–H groups in total. The molecule has 2 fully saturated rings. The molecule has 0 amide bonds. The fourth-order valence-electron chi connectivity index (χ4n) is 4.36. The number of esters is 1. The highest BCUT2D eigenvalue weighted by Crippen LogP contribution is 2.34. The van der Waals surface area contributed by atoms with E-state index in [1.807, 2.05) is 43.3 Å². The van der Waals surface area contributed by atoms with Gasteiger partial charge in [-0.3, -0.25) is 4.79 Å². The van der Waals surface area contributed by atoms with Crippen LogP contribution in [0.4, 0.5) is 0 Å². The molecule has 0 bridgehead atoms. The van der Waals surface area contributed by atoms with Gasteiger partial charge < -0.3 is 14.2 Å². The third-order valence-electron chi connectivity index (χ3n) is 6.32. The number of unbranched alkanes of at least 4 members (excludes halogenated alkanes) is 1. The Balaban J connectivity index is 1.41. The monoisotopic (exact) mass is 491 g/mol. The maximum Gasteiger partial charge on any atom is 0.326 e. The van der Waals surface area contributed by atoms with E-state index < -0.39 is 21.3 Å². The summed E-state index contributed by atoms with van der Waals surface area (Å²) in [4.78, 5) is 13.1. The van der Waals surface area contributed by atoms with Crippen molar-refractivity contribution < 1.29 is 23.2 Å². The van der Waals surface area contributed by atoms with Crippen molar-refractivity contribution in [3.8, 4) is 0 Å². The first-order chi connectivity index (χ1) is 16.3. The van der Waals surface area contributed by atoms with E-state index in [0.717, 1.165) is 45.4 Å². The van der Waals surface area contributed by atoms with Crippen molar-refractivity contribution in [3.05, 3.63) is 48.0 Å². The maximum absolute atomic E-state index is 13.6. The first-order valence-electron chi connectivity index (χ1n) is 12.6. The molecular formula is C27H41NO5S. The first-order valence-corrected chi connectivity index (χ1v) is 13.7. The zero-order valence-electron chi connectivity index (χ0n) is 21.0.